The minimum absolute atomic E-state index is 0.0253. The molecule has 4 N–H and O–H groups in total. The van der Waals surface area contributed by atoms with Crippen molar-refractivity contribution in [2.24, 2.45) is 17.3 Å². The molecule has 1 saturated carbocycles. The molecule has 1 aliphatic heterocycles. The molecule has 1 saturated heterocycles. The predicted molar refractivity (Wildman–Crippen MR) is 240 cm³/mol. The van der Waals surface area contributed by atoms with Gasteiger partial charge in [-0.05, 0) is 83.0 Å². The average molecular weight is 897 g/mol. The number of hydrogen-bond acceptors (Lipinski definition) is 9. The number of likely N-dealkylation sites (N-methyl/N-ethyl adjacent to an activating group) is 1. The van der Waals surface area contributed by atoms with Crippen LogP contribution in [0.4, 0.5) is 18.4 Å². The van der Waals surface area contributed by atoms with Gasteiger partial charge < -0.3 is 44.6 Å². The third-order valence-corrected chi connectivity index (χ3v) is 12.6. The number of benzene rings is 3. The molecule has 17 heteroatoms. The van der Waals surface area contributed by atoms with E-state index in [-0.39, 0.29) is 41.7 Å². The van der Waals surface area contributed by atoms with Crippen LogP contribution in [0.2, 0.25) is 0 Å². The van der Waals surface area contributed by atoms with E-state index in [0.717, 1.165) is 57.3 Å². The second kappa shape index (κ2) is 19.8. The number of aromatic amines is 2. The van der Waals surface area contributed by atoms with E-state index in [0.29, 0.717) is 31.2 Å². The third-order valence-electron chi connectivity index (χ3n) is 12.6. The van der Waals surface area contributed by atoms with Crippen molar-refractivity contribution in [3.05, 3.63) is 84.7 Å². The number of nitrogens with zero attached hydrogens (tertiary/aromatic N) is 4. The molecule has 15 nitrogen and oxygen atoms in total. The molecule has 4 amide bonds. The molecule has 0 radical (unpaired) electrons. The number of amides is 4. The topological polar surface area (TPSA) is 184 Å². The summed E-state index contributed by atoms with van der Waals surface area (Å²) in [6.45, 7) is 7.27. The smallest absolute Gasteiger partial charge is 0.407 e. The summed E-state index contributed by atoms with van der Waals surface area (Å²) < 4.78 is 39.4. The highest BCUT2D eigenvalue weighted by atomic mass is 19.3. The molecule has 0 unspecified atom stereocenters. The van der Waals surface area contributed by atoms with Gasteiger partial charge >= 0.3 is 18.8 Å². The average Bonchev–Trinajstić information content (AvgIpc) is 3.61. The number of rotatable bonds is 17. The Hall–Kier alpha value is -6.36. The zero-order valence-electron chi connectivity index (χ0n) is 37.8. The number of halogens is 2. The Morgan fingerprint density at radius 2 is 1.42 bits per heavy atom. The largest absolute Gasteiger partial charge is 0.453 e. The lowest BCUT2D eigenvalue weighted by Crippen LogP contribution is -2.52. The number of nitrogens with one attached hydrogen (secondary N) is 4. The Bertz CT molecular complexity index is 2480. The van der Waals surface area contributed by atoms with Crippen LogP contribution in [0.15, 0.2) is 73.1 Å². The molecule has 346 valence electrons. The molecule has 3 heterocycles. The fourth-order valence-electron chi connectivity index (χ4n) is 8.92. The van der Waals surface area contributed by atoms with Gasteiger partial charge in [0.15, 0.2) is 0 Å². The monoisotopic (exact) mass is 896 g/mol. The first-order valence-electron chi connectivity index (χ1n) is 22.1. The van der Waals surface area contributed by atoms with E-state index < -0.39 is 43.4 Å². The van der Waals surface area contributed by atoms with E-state index in [1.54, 1.807) is 22.2 Å². The van der Waals surface area contributed by atoms with E-state index in [4.69, 9.17) is 19.4 Å². The van der Waals surface area contributed by atoms with Crippen molar-refractivity contribution in [1.82, 2.24) is 40.4 Å². The number of methoxy groups -OCH3 is 2. The van der Waals surface area contributed by atoms with Crippen LogP contribution < -0.4 is 10.6 Å². The Morgan fingerprint density at radius 1 is 0.815 bits per heavy atom. The normalized spacial score (nSPS) is 16.8. The first-order chi connectivity index (χ1) is 31.1. The number of alkyl halides is 2. The Morgan fingerprint density at radius 3 is 2.03 bits per heavy atom. The maximum absolute atomic E-state index is 13.9. The van der Waals surface area contributed by atoms with Gasteiger partial charge in [0.25, 0.3) is 0 Å². The van der Waals surface area contributed by atoms with E-state index in [1.165, 1.54) is 14.2 Å². The Balaban J connectivity index is 1.05. The van der Waals surface area contributed by atoms with E-state index in [2.05, 4.69) is 67.8 Å². The molecule has 1 spiro atoms. The number of imidazole rings is 2. The predicted octanol–water partition coefficient (Wildman–Crippen LogP) is 8.62. The van der Waals surface area contributed by atoms with Crippen LogP contribution in [-0.4, -0.2) is 106 Å². The zero-order chi connectivity index (χ0) is 46.6. The van der Waals surface area contributed by atoms with Crippen LogP contribution in [0.3, 0.4) is 0 Å². The summed E-state index contributed by atoms with van der Waals surface area (Å²) in [4.78, 5) is 71.8. The number of aromatic nitrogens is 4. The van der Waals surface area contributed by atoms with Gasteiger partial charge in [0.1, 0.15) is 23.7 Å². The second-order valence-electron chi connectivity index (χ2n) is 17.7. The van der Waals surface area contributed by atoms with Gasteiger partial charge in [0, 0.05) is 25.1 Å². The summed E-state index contributed by atoms with van der Waals surface area (Å²) in [7, 11) is 2.45. The van der Waals surface area contributed by atoms with E-state index >= 15 is 0 Å². The molecule has 2 aliphatic rings. The number of hydrogen-bond donors (Lipinski definition) is 4. The molecule has 3 aromatic carbocycles. The number of H-pyrrole nitrogens is 2. The number of carbonyl (C=O) groups excluding carboxylic acids is 4. The Kier molecular flexibility index (Phi) is 14.2. The van der Waals surface area contributed by atoms with Gasteiger partial charge in [-0.1, -0.05) is 76.2 Å². The summed E-state index contributed by atoms with van der Waals surface area (Å²) in [6, 6.07) is 18.1. The van der Waals surface area contributed by atoms with Crippen molar-refractivity contribution in [3.63, 3.8) is 0 Å². The van der Waals surface area contributed by atoms with Crippen molar-refractivity contribution >= 4 is 34.8 Å². The maximum atomic E-state index is 13.9. The second-order valence-corrected chi connectivity index (χ2v) is 17.7. The van der Waals surface area contributed by atoms with Crippen LogP contribution in [0, 0.1) is 17.3 Å². The summed E-state index contributed by atoms with van der Waals surface area (Å²) in [5.41, 5.74) is 5.51. The van der Waals surface area contributed by atoms with Gasteiger partial charge in [-0.3, -0.25) is 9.59 Å². The molecule has 4 atom stereocenters. The molecule has 0 bridgehead atoms. The number of alkyl carbamates (subject to hydrolysis) is 2. The standard InChI is InChI=1S/C48H58F2N8O7/c1-8-57(44(60)39(27(2)3)56-47(62)64-7)40(28(4)5)42-52-24-36(54-42)30-11-9-29(10-12-30)31-13-14-33-22-34(16-15-32(33)21-31)37-25-51-41(53-37)38-23-48(18-19-48)26-58(38)43(59)35(55-46(61)63-6)17-20-65-45(49)50/h9-16,21-22,24-25,27-28,35,38-40,45H,8,17-20,23,26H2,1-7H3,(H,51,53)(H,52,54)(H,55,61)(H,56,62)/t35-,38-,39-,40-/m0/s1. The molecule has 7 rings (SSSR count). The fourth-order valence-corrected chi connectivity index (χ4v) is 8.92. The highest BCUT2D eigenvalue weighted by molar-refractivity contribution is 5.91. The highest BCUT2D eigenvalue weighted by Crippen LogP contribution is 2.58. The quantitative estimate of drug-likeness (QED) is 0.0710. The number of likely N-dealkylation sites (tertiary alicyclic amines) is 1. The minimum atomic E-state index is -2.99. The lowest BCUT2D eigenvalue weighted by atomic mass is 9.97. The summed E-state index contributed by atoms with van der Waals surface area (Å²) in [6.07, 6.45) is 4.54. The highest BCUT2D eigenvalue weighted by Gasteiger charge is 2.55. The zero-order valence-corrected chi connectivity index (χ0v) is 37.8. The molecule has 2 fully saturated rings. The molecule has 5 aromatic rings. The molecule has 2 aromatic heterocycles. The van der Waals surface area contributed by atoms with Gasteiger partial charge in [0.05, 0.1) is 56.7 Å². The van der Waals surface area contributed by atoms with E-state index in [1.807, 2.05) is 52.8 Å². The van der Waals surface area contributed by atoms with Crippen molar-refractivity contribution in [1.29, 1.82) is 0 Å². The van der Waals surface area contributed by atoms with Crippen LogP contribution in [0.5, 0.6) is 0 Å². The van der Waals surface area contributed by atoms with Crippen molar-refractivity contribution < 1.29 is 42.2 Å². The minimum Gasteiger partial charge on any atom is -0.453 e. The number of fused-ring (bicyclic) bond motifs is 1. The Labute approximate surface area is 377 Å². The van der Waals surface area contributed by atoms with E-state index in [9.17, 15) is 28.0 Å². The lowest BCUT2D eigenvalue weighted by molar-refractivity contribution is -0.141. The van der Waals surface area contributed by atoms with Crippen LogP contribution in [-0.2, 0) is 23.8 Å². The first kappa shape index (κ1) is 46.6. The molecular weight excluding hydrogens is 839 g/mol. The molecule has 1 aliphatic carbocycles. The summed E-state index contributed by atoms with van der Waals surface area (Å²) in [5.74, 6) is 0.544. The number of carbonyl (C=O) groups is 4. The van der Waals surface area contributed by atoms with Crippen LogP contribution >= 0.6 is 0 Å². The maximum Gasteiger partial charge on any atom is 0.407 e. The fraction of sp³-hybridized carbons (Fsp3) is 0.458. The third kappa shape index (κ3) is 10.5. The summed E-state index contributed by atoms with van der Waals surface area (Å²) >= 11 is 0. The SMILES string of the molecule is CCN(C(=O)[C@@H](NC(=O)OC)C(C)C)[C@H](c1ncc(-c2ccc(-c3ccc4cc(-c5cnc([C@@H]6CC7(CC7)CN6C(=O)[C@H](CCOC(F)F)NC(=O)OC)[nH]5)ccc4c3)cc2)[nH]1)C(C)C. The first-order valence-corrected chi connectivity index (χ1v) is 22.1. The summed E-state index contributed by atoms with van der Waals surface area (Å²) in [5, 5.41) is 7.28. The molecule has 65 heavy (non-hydrogen) atoms. The number of ether oxygens (including phenoxy) is 3. The van der Waals surface area contributed by atoms with Gasteiger partial charge in [-0.15, -0.1) is 0 Å². The van der Waals surface area contributed by atoms with Gasteiger partial charge in [-0.25, -0.2) is 19.6 Å². The van der Waals surface area contributed by atoms with Crippen molar-refractivity contribution in [2.75, 3.05) is 33.9 Å². The van der Waals surface area contributed by atoms with Crippen molar-refractivity contribution in [2.45, 2.75) is 91.1 Å². The van der Waals surface area contributed by atoms with Gasteiger partial charge in [0.2, 0.25) is 11.8 Å². The van der Waals surface area contributed by atoms with Gasteiger partial charge in [-0.2, -0.15) is 8.78 Å². The van der Waals surface area contributed by atoms with Crippen LogP contribution in [0.1, 0.15) is 84.0 Å². The van der Waals surface area contributed by atoms with Crippen molar-refractivity contribution in [3.8, 4) is 33.6 Å². The molecular formula is C48H58F2N8O7. The van der Waals surface area contributed by atoms with Crippen LogP contribution in [0.25, 0.3) is 44.4 Å². The lowest BCUT2D eigenvalue weighted by Gasteiger charge is -2.36.